The van der Waals surface area contributed by atoms with Crippen LogP contribution in [0.1, 0.15) is 32.3 Å². The molecule has 27 heavy (non-hydrogen) atoms. The van der Waals surface area contributed by atoms with Crippen molar-refractivity contribution in [1.82, 2.24) is 0 Å². The quantitative estimate of drug-likeness (QED) is 0.515. The van der Waals surface area contributed by atoms with Crippen LogP contribution in [-0.2, 0) is 28.5 Å². The standard InChI is InChI=1S/C19H26O7S/c1-12(2)25-19(20)23-10-15-16(18-9-8-17(15)26-18)11-24-27(21,22)14-6-4-13(3)5-7-14/h4-7,12,15-18H,8-11H2,1-3H3/t15-,16+,17-,18+/m1/s1. The zero-order valence-electron chi connectivity index (χ0n) is 15.8. The molecule has 2 heterocycles. The van der Waals surface area contributed by atoms with Crippen molar-refractivity contribution in [2.24, 2.45) is 11.8 Å². The summed E-state index contributed by atoms with van der Waals surface area (Å²) in [5.41, 5.74) is 0.973. The van der Waals surface area contributed by atoms with Gasteiger partial charge in [-0.2, -0.15) is 8.42 Å². The smallest absolute Gasteiger partial charge is 0.434 e. The highest BCUT2D eigenvalue weighted by atomic mass is 32.2. The van der Waals surface area contributed by atoms with E-state index in [1.54, 1.807) is 26.0 Å². The topological polar surface area (TPSA) is 88.1 Å². The largest absolute Gasteiger partial charge is 0.508 e. The van der Waals surface area contributed by atoms with Gasteiger partial charge in [0.25, 0.3) is 10.1 Å². The average Bonchev–Trinajstić information content (AvgIpc) is 3.19. The van der Waals surface area contributed by atoms with E-state index in [0.29, 0.717) is 0 Å². The molecule has 0 amide bonds. The second-order valence-electron chi connectivity index (χ2n) is 7.40. The molecule has 3 rings (SSSR count). The Labute approximate surface area is 160 Å². The van der Waals surface area contributed by atoms with E-state index in [2.05, 4.69) is 0 Å². The summed E-state index contributed by atoms with van der Waals surface area (Å²) in [7, 11) is -3.84. The van der Waals surface area contributed by atoms with Gasteiger partial charge in [0.2, 0.25) is 0 Å². The molecular weight excluding hydrogens is 372 g/mol. The van der Waals surface area contributed by atoms with Gasteiger partial charge in [-0.1, -0.05) is 17.7 Å². The molecule has 4 atom stereocenters. The van der Waals surface area contributed by atoms with Gasteiger partial charge < -0.3 is 14.2 Å². The summed E-state index contributed by atoms with van der Waals surface area (Å²) in [5, 5.41) is 0. The number of hydrogen-bond donors (Lipinski definition) is 0. The van der Waals surface area contributed by atoms with Crippen LogP contribution in [0.2, 0.25) is 0 Å². The van der Waals surface area contributed by atoms with E-state index >= 15 is 0 Å². The Bertz CT molecular complexity index is 757. The normalized spacial score (nSPS) is 27.1. The average molecular weight is 398 g/mol. The monoisotopic (exact) mass is 398 g/mol. The molecule has 0 unspecified atom stereocenters. The number of aryl methyl sites for hydroxylation is 1. The van der Waals surface area contributed by atoms with Crippen molar-refractivity contribution < 1.29 is 31.6 Å². The van der Waals surface area contributed by atoms with Crippen LogP contribution in [0.5, 0.6) is 0 Å². The Morgan fingerprint density at radius 1 is 1.11 bits per heavy atom. The van der Waals surface area contributed by atoms with Crippen molar-refractivity contribution in [2.45, 2.75) is 56.8 Å². The molecule has 0 N–H and O–H groups in total. The third-order valence-electron chi connectivity index (χ3n) is 5.04. The maximum absolute atomic E-state index is 12.4. The van der Waals surface area contributed by atoms with Crippen molar-refractivity contribution in [3.05, 3.63) is 29.8 Å². The van der Waals surface area contributed by atoms with Gasteiger partial charge in [0, 0.05) is 11.8 Å². The number of rotatable bonds is 7. The molecule has 2 aliphatic heterocycles. The molecule has 0 spiro atoms. The van der Waals surface area contributed by atoms with Gasteiger partial charge in [0.1, 0.15) is 6.61 Å². The molecule has 150 valence electrons. The van der Waals surface area contributed by atoms with Crippen LogP contribution in [0, 0.1) is 18.8 Å². The highest BCUT2D eigenvalue weighted by molar-refractivity contribution is 7.86. The molecule has 2 bridgehead atoms. The van der Waals surface area contributed by atoms with Crippen molar-refractivity contribution in [2.75, 3.05) is 13.2 Å². The second kappa shape index (κ2) is 8.16. The molecule has 7 nitrogen and oxygen atoms in total. The zero-order valence-corrected chi connectivity index (χ0v) is 16.6. The Morgan fingerprint density at radius 2 is 1.70 bits per heavy atom. The first-order valence-corrected chi connectivity index (χ1v) is 10.6. The molecule has 0 saturated carbocycles. The summed E-state index contributed by atoms with van der Waals surface area (Å²) < 4.78 is 46.2. The molecule has 1 aromatic rings. The van der Waals surface area contributed by atoms with E-state index in [4.69, 9.17) is 18.4 Å². The lowest BCUT2D eigenvalue weighted by atomic mass is 9.80. The minimum atomic E-state index is -3.84. The lowest BCUT2D eigenvalue weighted by Crippen LogP contribution is -2.35. The van der Waals surface area contributed by atoms with Crippen LogP contribution in [0.25, 0.3) is 0 Å². The number of carbonyl (C=O) groups is 1. The van der Waals surface area contributed by atoms with Crippen LogP contribution < -0.4 is 0 Å². The van der Waals surface area contributed by atoms with Gasteiger partial charge in [0.05, 0.1) is 29.8 Å². The Hall–Kier alpha value is -1.64. The summed E-state index contributed by atoms with van der Waals surface area (Å²) in [6.45, 7) is 5.51. The number of hydrogen-bond acceptors (Lipinski definition) is 7. The van der Waals surface area contributed by atoms with Crippen LogP contribution >= 0.6 is 0 Å². The molecule has 1 aromatic carbocycles. The first kappa shape index (κ1) is 20.1. The lowest BCUT2D eigenvalue weighted by molar-refractivity contribution is 0.0110. The molecule has 2 aliphatic rings. The van der Waals surface area contributed by atoms with Crippen molar-refractivity contribution in [3.8, 4) is 0 Å². The second-order valence-corrected chi connectivity index (χ2v) is 9.01. The molecule has 2 fully saturated rings. The van der Waals surface area contributed by atoms with Crippen molar-refractivity contribution in [1.29, 1.82) is 0 Å². The Balaban J connectivity index is 1.60. The summed E-state index contributed by atoms with van der Waals surface area (Å²) >= 11 is 0. The lowest BCUT2D eigenvalue weighted by Gasteiger charge is -2.27. The van der Waals surface area contributed by atoms with Gasteiger partial charge >= 0.3 is 6.16 Å². The van der Waals surface area contributed by atoms with Gasteiger partial charge in [-0.05, 0) is 45.7 Å². The minimum Gasteiger partial charge on any atom is -0.434 e. The van der Waals surface area contributed by atoms with E-state index in [9.17, 15) is 13.2 Å². The summed E-state index contributed by atoms with van der Waals surface area (Å²) in [4.78, 5) is 11.8. The SMILES string of the molecule is Cc1ccc(S(=O)(=O)OC[C@H]2[C@@H](COC(=O)OC(C)C)[C@H]3CC[C@@H]2O3)cc1. The number of ether oxygens (including phenoxy) is 3. The Morgan fingerprint density at radius 3 is 2.30 bits per heavy atom. The van der Waals surface area contributed by atoms with Crippen LogP contribution in [-0.4, -0.2) is 46.1 Å². The van der Waals surface area contributed by atoms with Crippen LogP contribution in [0.4, 0.5) is 4.79 Å². The molecular formula is C19H26O7S. The molecule has 0 aliphatic carbocycles. The van der Waals surface area contributed by atoms with Crippen molar-refractivity contribution >= 4 is 16.3 Å². The van der Waals surface area contributed by atoms with E-state index in [1.807, 2.05) is 6.92 Å². The summed E-state index contributed by atoms with van der Waals surface area (Å²) in [6.07, 6.45) is 0.637. The van der Waals surface area contributed by atoms with Gasteiger partial charge in [0.15, 0.2) is 0 Å². The molecule has 0 aromatic heterocycles. The molecule has 8 heteroatoms. The van der Waals surface area contributed by atoms with E-state index in [-0.39, 0.29) is 48.3 Å². The number of benzene rings is 1. The first-order chi connectivity index (χ1) is 12.8. The highest BCUT2D eigenvalue weighted by Crippen LogP contribution is 2.44. The summed E-state index contributed by atoms with van der Waals surface area (Å²) in [6, 6.07) is 6.52. The van der Waals surface area contributed by atoms with E-state index < -0.39 is 16.3 Å². The number of carbonyl (C=O) groups excluding carboxylic acids is 1. The maximum Gasteiger partial charge on any atom is 0.508 e. The van der Waals surface area contributed by atoms with Gasteiger partial charge in [-0.25, -0.2) is 4.79 Å². The fraction of sp³-hybridized carbons (Fsp3) is 0.632. The van der Waals surface area contributed by atoms with E-state index in [1.165, 1.54) is 12.1 Å². The third-order valence-corrected chi connectivity index (χ3v) is 6.34. The predicted octanol–water partition coefficient (Wildman–Crippen LogP) is 3.06. The van der Waals surface area contributed by atoms with Gasteiger partial charge in [-0.15, -0.1) is 0 Å². The third kappa shape index (κ3) is 4.80. The maximum atomic E-state index is 12.4. The summed E-state index contributed by atoms with van der Waals surface area (Å²) in [5.74, 6) is -0.243. The first-order valence-electron chi connectivity index (χ1n) is 9.21. The number of fused-ring (bicyclic) bond motifs is 2. The predicted molar refractivity (Wildman–Crippen MR) is 96.8 cm³/mol. The van der Waals surface area contributed by atoms with Crippen molar-refractivity contribution in [3.63, 3.8) is 0 Å². The molecule has 0 radical (unpaired) electrons. The fourth-order valence-corrected chi connectivity index (χ4v) is 4.61. The van der Waals surface area contributed by atoms with Crippen LogP contribution in [0.15, 0.2) is 29.2 Å². The highest BCUT2D eigenvalue weighted by Gasteiger charge is 2.50. The van der Waals surface area contributed by atoms with Gasteiger partial charge in [-0.3, -0.25) is 4.18 Å². The van der Waals surface area contributed by atoms with E-state index in [0.717, 1.165) is 18.4 Å². The van der Waals surface area contributed by atoms with Crippen LogP contribution in [0.3, 0.4) is 0 Å². The minimum absolute atomic E-state index is 0.00459. The Kier molecular flexibility index (Phi) is 6.08. The zero-order chi connectivity index (χ0) is 19.6. The fourth-order valence-electron chi connectivity index (χ4n) is 3.66. The molecule has 2 saturated heterocycles.